The first-order chi connectivity index (χ1) is 9.02. The summed E-state index contributed by atoms with van der Waals surface area (Å²) in [6, 6.07) is 13.7. The zero-order valence-electron chi connectivity index (χ0n) is 10.5. The van der Waals surface area contributed by atoms with E-state index < -0.39 is 11.9 Å². The van der Waals surface area contributed by atoms with Gasteiger partial charge < -0.3 is 24.9 Å². The van der Waals surface area contributed by atoms with E-state index in [9.17, 15) is 19.8 Å². The molecule has 20 heavy (non-hydrogen) atoms. The van der Waals surface area contributed by atoms with Crippen molar-refractivity contribution in [2.45, 2.75) is 0 Å². The third-order valence-electron chi connectivity index (χ3n) is 2.13. The van der Waals surface area contributed by atoms with Crippen molar-refractivity contribution in [2.75, 3.05) is 0 Å². The molecule has 0 atom stereocenters. The summed E-state index contributed by atoms with van der Waals surface area (Å²) in [7, 11) is 0. The number of phenols is 1. The van der Waals surface area contributed by atoms with Crippen LogP contribution in [0.15, 0.2) is 54.6 Å². The Balaban J connectivity index is 0.000000345. The van der Waals surface area contributed by atoms with Crippen molar-refractivity contribution < 1.29 is 24.9 Å². The van der Waals surface area contributed by atoms with Gasteiger partial charge in [0, 0.05) is 5.56 Å². The minimum atomic E-state index is -1.36. The fourth-order valence-electron chi connectivity index (χ4n) is 1.22. The summed E-state index contributed by atoms with van der Waals surface area (Å²) < 4.78 is 0. The Morgan fingerprint density at radius 1 is 0.800 bits per heavy atom. The van der Waals surface area contributed by atoms with Crippen LogP contribution in [0.4, 0.5) is 0 Å². The number of carbonyl (C=O) groups is 2. The first kappa shape index (κ1) is 18.4. The number of carboxylic acid groups (broad SMARTS) is 2. The molecule has 0 saturated heterocycles. The van der Waals surface area contributed by atoms with Crippen molar-refractivity contribution >= 4 is 49.7 Å². The second-order valence-electron chi connectivity index (χ2n) is 3.46. The maximum Gasteiger partial charge on any atom is 2.00 e. The van der Waals surface area contributed by atoms with Crippen LogP contribution in [0.3, 0.4) is 0 Å². The van der Waals surface area contributed by atoms with Gasteiger partial charge in [0.1, 0.15) is 5.75 Å². The molecule has 0 heterocycles. The summed E-state index contributed by atoms with van der Waals surface area (Å²) in [6.45, 7) is 0. The molecule has 0 fully saturated rings. The van der Waals surface area contributed by atoms with Gasteiger partial charge in [-0.2, -0.15) is 0 Å². The van der Waals surface area contributed by atoms with Gasteiger partial charge in [0.15, 0.2) is 0 Å². The van der Waals surface area contributed by atoms with E-state index in [1.807, 2.05) is 0 Å². The molecule has 98 valence electrons. The quantitative estimate of drug-likeness (QED) is 0.748. The third-order valence-corrected chi connectivity index (χ3v) is 2.13. The monoisotopic (exact) mass is 298 g/mol. The van der Waals surface area contributed by atoms with Crippen LogP contribution in [0.5, 0.6) is 5.75 Å². The molecule has 0 aromatic heterocycles. The maximum atomic E-state index is 10.2. The maximum absolute atomic E-state index is 10.2. The van der Waals surface area contributed by atoms with Crippen LogP contribution >= 0.6 is 0 Å². The fourth-order valence-corrected chi connectivity index (χ4v) is 1.22. The third kappa shape index (κ3) is 6.06. The SMILES string of the molecule is O=C([O-])c1ccccc1.O=C([O-])c1ccccc1O.[Ca+2]. The zero-order valence-corrected chi connectivity index (χ0v) is 12.7. The molecule has 2 aromatic rings. The number of carbonyl (C=O) groups excluding carboxylic acids is 2. The van der Waals surface area contributed by atoms with Gasteiger partial charge in [-0.05, 0) is 17.7 Å². The Morgan fingerprint density at radius 3 is 1.65 bits per heavy atom. The van der Waals surface area contributed by atoms with Crippen molar-refractivity contribution in [3.8, 4) is 5.75 Å². The Hall–Kier alpha value is -1.56. The number of carboxylic acids is 2. The number of benzene rings is 2. The van der Waals surface area contributed by atoms with Gasteiger partial charge in [-0.15, -0.1) is 0 Å². The molecule has 0 aliphatic rings. The Bertz CT molecular complexity index is 569. The van der Waals surface area contributed by atoms with Crippen LogP contribution < -0.4 is 10.2 Å². The van der Waals surface area contributed by atoms with Crippen LogP contribution in [-0.2, 0) is 0 Å². The van der Waals surface area contributed by atoms with E-state index >= 15 is 0 Å². The van der Waals surface area contributed by atoms with Crippen LogP contribution in [0.2, 0.25) is 0 Å². The summed E-state index contributed by atoms with van der Waals surface area (Å²) in [6.07, 6.45) is 0. The van der Waals surface area contributed by atoms with Crippen LogP contribution in [0.25, 0.3) is 0 Å². The van der Waals surface area contributed by atoms with Gasteiger partial charge in [-0.1, -0.05) is 42.5 Å². The molecule has 0 saturated carbocycles. The molecule has 1 N–H and O–H groups in total. The summed E-state index contributed by atoms with van der Waals surface area (Å²) >= 11 is 0. The van der Waals surface area contributed by atoms with Crippen molar-refractivity contribution in [2.24, 2.45) is 0 Å². The molecule has 0 amide bonds. The van der Waals surface area contributed by atoms with Crippen molar-refractivity contribution in [3.63, 3.8) is 0 Å². The van der Waals surface area contributed by atoms with E-state index in [0.717, 1.165) is 0 Å². The predicted molar refractivity (Wildman–Crippen MR) is 69.0 cm³/mol. The average molecular weight is 298 g/mol. The normalized spacial score (nSPS) is 8.60. The molecular formula is C14H10CaO5. The number of aromatic hydroxyl groups is 1. The standard InChI is InChI=1S/C7H6O3.C7H6O2.Ca/c8-6-4-2-1-3-5(6)7(9)10;8-7(9)6-4-2-1-3-5-6;/h1-4,8H,(H,9,10);1-5H,(H,8,9);/q;;+2/p-2. The second kappa shape index (κ2) is 9.36. The molecule has 0 unspecified atom stereocenters. The minimum absolute atomic E-state index is 0. The van der Waals surface area contributed by atoms with Crippen molar-refractivity contribution in [3.05, 3.63) is 65.7 Å². The zero-order chi connectivity index (χ0) is 14.3. The van der Waals surface area contributed by atoms with Gasteiger partial charge in [0.25, 0.3) is 0 Å². The molecule has 0 spiro atoms. The molecule has 6 heteroatoms. The molecule has 0 aliphatic carbocycles. The summed E-state index contributed by atoms with van der Waals surface area (Å²) in [4.78, 5) is 20.2. The Labute approximate surface area is 145 Å². The first-order valence-electron chi connectivity index (χ1n) is 5.28. The van der Waals surface area contributed by atoms with Crippen LogP contribution in [0.1, 0.15) is 20.7 Å². The minimum Gasteiger partial charge on any atom is -0.545 e. The number of hydrogen-bond acceptors (Lipinski definition) is 5. The van der Waals surface area contributed by atoms with Crippen LogP contribution in [0, 0.1) is 0 Å². The smallest absolute Gasteiger partial charge is 0.545 e. The van der Waals surface area contributed by atoms with E-state index in [1.165, 1.54) is 30.3 Å². The number of hydrogen-bond donors (Lipinski definition) is 1. The van der Waals surface area contributed by atoms with Gasteiger partial charge in [0.2, 0.25) is 0 Å². The molecule has 0 radical (unpaired) electrons. The molecule has 0 bridgehead atoms. The van der Waals surface area contributed by atoms with Gasteiger partial charge >= 0.3 is 37.7 Å². The average Bonchev–Trinajstić information content (AvgIpc) is 2.40. The predicted octanol–water partition coefficient (Wildman–Crippen LogP) is -0.575. The summed E-state index contributed by atoms with van der Waals surface area (Å²) in [5.41, 5.74) is 0.0417. The summed E-state index contributed by atoms with van der Waals surface area (Å²) in [5.74, 6) is -2.75. The Morgan fingerprint density at radius 2 is 1.30 bits per heavy atom. The number of para-hydroxylation sites is 1. The van der Waals surface area contributed by atoms with Crippen molar-refractivity contribution in [1.82, 2.24) is 0 Å². The summed E-state index contributed by atoms with van der Waals surface area (Å²) in [5, 5.41) is 29.1. The van der Waals surface area contributed by atoms with E-state index in [-0.39, 0.29) is 54.6 Å². The fraction of sp³-hybridized carbons (Fsp3) is 0. The van der Waals surface area contributed by atoms with E-state index in [2.05, 4.69) is 0 Å². The number of rotatable bonds is 2. The van der Waals surface area contributed by atoms with E-state index in [0.29, 0.717) is 0 Å². The van der Waals surface area contributed by atoms with E-state index in [4.69, 9.17) is 5.11 Å². The Kier molecular flexibility index (Phi) is 8.63. The number of aromatic carboxylic acids is 2. The second-order valence-corrected chi connectivity index (χ2v) is 3.46. The molecule has 2 rings (SSSR count). The van der Waals surface area contributed by atoms with Crippen LogP contribution in [-0.4, -0.2) is 54.8 Å². The first-order valence-corrected chi connectivity index (χ1v) is 5.28. The van der Waals surface area contributed by atoms with E-state index in [1.54, 1.807) is 24.3 Å². The molecule has 0 aliphatic heterocycles. The van der Waals surface area contributed by atoms with Gasteiger partial charge in [-0.3, -0.25) is 0 Å². The topological polar surface area (TPSA) is 100 Å². The molecular weight excluding hydrogens is 288 g/mol. The molecule has 2 aromatic carbocycles. The molecule has 5 nitrogen and oxygen atoms in total. The van der Waals surface area contributed by atoms with Gasteiger partial charge in [0.05, 0.1) is 11.9 Å². The van der Waals surface area contributed by atoms with Crippen molar-refractivity contribution in [1.29, 1.82) is 0 Å². The largest absolute Gasteiger partial charge is 2.00 e. The van der Waals surface area contributed by atoms with Gasteiger partial charge in [-0.25, -0.2) is 0 Å².